The van der Waals surface area contributed by atoms with Gasteiger partial charge in [-0.1, -0.05) is 0 Å². The van der Waals surface area contributed by atoms with E-state index in [0.717, 1.165) is 12.1 Å². The quantitative estimate of drug-likeness (QED) is 0.880. The average molecular weight is 360 g/mol. The van der Waals surface area contributed by atoms with Gasteiger partial charge in [-0.05, 0) is 28.1 Å². The number of carbonyl (C=O) groups excluding carboxylic acids is 1. The van der Waals surface area contributed by atoms with E-state index in [1.165, 1.54) is 13.2 Å². The van der Waals surface area contributed by atoms with Gasteiger partial charge in [-0.15, -0.1) is 0 Å². The Balaban J connectivity index is 2.35. The molecule has 0 atom stereocenters. The summed E-state index contributed by atoms with van der Waals surface area (Å²) in [5.74, 6) is -3.63. The van der Waals surface area contributed by atoms with Crippen LogP contribution in [0.3, 0.4) is 0 Å². The molecule has 1 aromatic carbocycles. The van der Waals surface area contributed by atoms with Crippen molar-refractivity contribution in [3.8, 4) is 0 Å². The summed E-state index contributed by atoms with van der Waals surface area (Å²) >= 11 is 2.93. The van der Waals surface area contributed by atoms with E-state index in [-0.39, 0.29) is 21.5 Å². The molecule has 0 aliphatic rings. The number of nitrogens with zero attached hydrogens (tertiary/aromatic N) is 1. The van der Waals surface area contributed by atoms with Crippen LogP contribution in [-0.4, -0.2) is 17.9 Å². The molecule has 2 N–H and O–H groups in total. The van der Waals surface area contributed by atoms with Crippen molar-refractivity contribution in [1.82, 2.24) is 4.98 Å². The first-order chi connectivity index (χ1) is 9.93. The summed E-state index contributed by atoms with van der Waals surface area (Å²) < 4.78 is 40.6. The first-order valence-corrected chi connectivity index (χ1v) is 6.51. The molecule has 0 aliphatic carbocycles. The first-order valence-electron chi connectivity index (χ1n) is 5.72. The number of halogens is 4. The van der Waals surface area contributed by atoms with E-state index in [9.17, 15) is 18.0 Å². The molecule has 2 aromatic rings. The van der Waals surface area contributed by atoms with Crippen molar-refractivity contribution >= 4 is 33.3 Å². The Morgan fingerprint density at radius 1 is 1.29 bits per heavy atom. The van der Waals surface area contributed by atoms with Crippen LogP contribution in [0.1, 0.15) is 10.4 Å². The third-order valence-electron chi connectivity index (χ3n) is 2.62. The largest absolute Gasteiger partial charge is 0.371 e. The maximum Gasteiger partial charge on any atom is 0.258 e. The van der Waals surface area contributed by atoms with Gasteiger partial charge >= 0.3 is 0 Å². The number of pyridine rings is 1. The molecular weight excluding hydrogens is 351 g/mol. The van der Waals surface area contributed by atoms with Crippen molar-refractivity contribution in [2.24, 2.45) is 0 Å². The van der Waals surface area contributed by atoms with Crippen LogP contribution in [0, 0.1) is 17.5 Å². The lowest BCUT2D eigenvalue weighted by Gasteiger charge is -2.10. The predicted octanol–water partition coefficient (Wildman–Crippen LogP) is 3.56. The lowest BCUT2D eigenvalue weighted by Crippen LogP contribution is -2.16. The molecule has 0 unspecified atom stereocenters. The molecule has 0 radical (unpaired) electrons. The smallest absolute Gasteiger partial charge is 0.258 e. The molecule has 0 saturated carbocycles. The third kappa shape index (κ3) is 3.15. The molecule has 1 amide bonds. The van der Waals surface area contributed by atoms with Crippen LogP contribution in [0.25, 0.3) is 0 Å². The van der Waals surface area contributed by atoms with Gasteiger partial charge in [0.25, 0.3) is 5.91 Å². The van der Waals surface area contributed by atoms with Crippen LogP contribution in [0.2, 0.25) is 0 Å². The highest BCUT2D eigenvalue weighted by Gasteiger charge is 2.18. The van der Waals surface area contributed by atoms with Gasteiger partial charge < -0.3 is 10.6 Å². The van der Waals surface area contributed by atoms with E-state index in [1.807, 2.05) is 0 Å². The highest BCUT2D eigenvalue weighted by atomic mass is 79.9. The Morgan fingerprint density at radius 3 is 2.62 bits per heavy atom. The fourth-order valence-electron chi connectivity index (χ4n) is 1.64. The summed E-state index contributed by atoms with van der Waals surface area (Å²) in [6, 6.07) is 2.75. The van der Waals surface area contributed by atoms with Crippen LogP contribution in [-0.2, 0) is 0 Å². The summed E-state index contributed by atoms with van der Waals surface area (Å²) in [6.07, 6.45) is 1.24. The zero-order valence-corrected chi connectivity index (χ0v) is 12.3. The van der Waals surface area contributed by atoms with Gasteiger partial charge in [-0.2, -0.15) is 0 Å². The van der Waals surface area contributed by atoms with Crippen molar-refractivity contribution in [2.75, 3.05) is 17.7 Å². The number of hydrogen-bond donors (Lipinski definition) is 2. The van der Waals surface area contributed by atoms with Gasteiger partial charge in [0.2, 0.25) is 0 Å². The van der Waals surface area contributed by atoms with E-state index in [1.54, 1.807) is 0 Å². The lowest BCUT2D eigenvalue weighted by atomic mass is 10.2. The molecule has 0 saturated heterocycles. The van der Waals surface area contributed by atoms with Crippen molar-refractivity contribution in [2.45, 2.75) is 0 Å². The predicted molar refractivity (Wildman–Crippen MR) is 75.8 cm³/mol. The van der Waals surface area contributed by atoms with E-state index in [2.05, 4.69) is 31.5 Å². The molecular formula is C13H9BrF3N3O. The zero-order chi connectivity index (χ0) is 15.6. The van der Waals surface area contributed by atoms with Crippen LogP contribution in [0.4, 0.5) is 24.7 Å². The van der Waals surface area contributed by atoms with E-state index in [0.29, 0.717) is 6.07 Å². The highest BCUT2D eigenvalue weighted by Crippen LogP contribution is 2.27. The van der Waals surface area contributed by atoms with Crippen molar-refractivity contribution < 1.29 is 18.0 Å². The van der Waals surface area contributed by atoms with Crippen molar-refractivity contribution in [1.29, 1.82) is 0 Å². The molecule has 1 aromatic heterocycles. The second-order valence-electron chi connectivity index (χ2n) is 3.97. The Hall–Kier alpha value is -2.09. The molecule has 0 fully saturated rings. The fraction of sp³-hybridized carbons (Fsp3) is 0.0769. The highest BCUT2D eigenvalue weighted by molar-refractivity contribution is 9.10. The number of rotatable bonds is 3. The SMILES string of the molecule is CNc1nccc(C(=O)Nc2c(F)cc(F)cc2Br)c1F. The van der Waals surface area contributed by atoms with Crippen LogP contribution >= 0.6 is 15.9 Å². The maximum absolute atomic E-state index is 13.9. The minimum atomic E-state index is -0.974. The summed E-state index contributed by atoms with van der Waals surface area (Å²) in [6.45, 7) is 0. The van der Waals surface area contributed by atoms with Gasteiger partial charge in [0.05, 0.1) is 11.3 Å². The normalized spacial score (nSPS) is 10.3. The lowest BCUT2D eigenvalue weighted by molar-refractivity contribution is 0.102. The molecule has 1 heterocycles. The number of benzene rings is 1. The van der Waals surface area contributed by atoms with E-state index in [4.69, 9.17) is 0 Å². The van der Waals surface area contributed by atoms with Crippen molar-refractivity contribution in [3.05, 3.63) is 51.9 Å². The van der Waals surface area contributed by atoms with Gasteiger partial charge in [0, 0.05) is 23.8 Å². The molecule has 21 heavy (non-hydrogen) atoms. The number of nitrogens with one attached hydrogen (secondary N) is 2. The second-order valence-corrected chi connectivity index (χ2v) is 4.82. The molecule has 4 nitrogen and oxygen atoms in total. The van der Waals surface area contributed by atoms with Crippen molar-refractivity contribution in [3.63, 3.8) is 0 Å². The Morgan fingerprint density at radius 2 is 2.00 bits per heavy atom. The van der Waals surface area contributed by atoms with E-state index < -0.39 is 23.4 Å². The van der Waals surface area contributed by atoms with Crippen LogP contribution in [0.5, 0.6) is 0 Å². The maximum atomic E-state index is 13.9. The first kappa shape index (κ1) is 15.3. The molecule has 0 bridgehead atoms. The monoisotopic (exact) mass is 359 g/mol. The molecule has 110 valence electrons. The summed E-state index contributed by atoms with van der Waals surface area (Å²) in [4.78, 5) is 15.7. The second kappa shape index (κ2) is 6.13. The third-order valence-corrected chi connectivity index (χ3v) is 3.24. The molecule has 0 spiro atoms. The van der Waals surface area contributed by atoms with Gasteiger partial charge in [0.15, 0.2) is 17.5 Å². The van der Waals surface area contributed by atoms with Crippen LogP contribution < -0.4 is 10.6 Å². The number of carbonyl (C=O) groups is 1. The Bertz CT molecular complexity index is 686. The minimum absolute atomic E-state index is 0.0108. The molecule has 2 rings (SSSR count). The standard InChI is InChI=1S/C13H9BrF3N3O/c1-18-12-10(17)7(2-3-19-12)13(21)20-11-8(14)4-6(15)5-9(11)16/h2-5H,1H3,(H,18,19)(H,20,21). The summed E-state index contributed by atoms with van der Waals surface area (Å²) in [5.41, 5.74) is -0.589. The van der Waals surface area contributed by atoms with E-state index >= 15 is 0 Å². The molecule has 8 heteroatoms. The van der Waals surface area contributed by atoms with Crippen LogP contribution in [0.15, 0.2) is 28.9 Å². The Labute approximate surface area is 126 Å². The number of aromatic nitrogens is 1. The van der Waals surface area contributed by atoms with Gasteiger partial charge in [-0.25, -0.2) is 18.2 Å². The van der Waals surface area contributed by atoms with Gasteiger partial charge in [0.1, 0.15) is 5.82 Å². The van der Waals surface area contributed by atoms with Gasteiger partial charge in [-0.3, -0.25) is 4.79 Å². The topological polar surface area (TPSA) is 54.0 Å². The zero-order valence-electron chi connectivity index (χ0n) is 10.7. The average Bonchev–Trinajstić information content (AvgIpc) is 2.42. The number of anilines is 2. The fourth-order valence-corrected chi connectivity index (χ4v) is 2.14. The molecule has 0 aliphatic heterocycles. The summed E-state index contributed by atoms with van der Waals surface area (Å²) in [7, 11) is 1.45. The minimum Gasteiger partial charge on any atom is -0.371 e. The summed E-state index contributed by atoms with van der Waals surface area (Å²) in [5, 5.41) is 4.68. The number of amides is 1. The Kier molecular flexibility index (Phi) is 4.46. The number of hydrogen-bond acceptors (Lipinski definition) is 3.